The molecule has 0 radical (unpaired) electrons. The van der Waals surface area contributed by atoms with E-state index < -0.39 is 0 Å². The fourth-order valence-electron chi connectivity index (χ4n) is 1.95. The van der Waals surface area contributed by atoms with Crippen LogP contribution >= 0.6 is 12.2 Å². The SMILES string of the molecule is CC(C)N(Cc1ccccc1)C(=S)NCc1ccco1. The molecule has 0 amide bonds. The van der Waals surface area contributed by atoms with Gasteiger partial charge in [-0.15, -0.1) is 0 Å². The van der Waals surface area contributed by atoms with E-state index >= 15 is 0 Å². The van der Waals surface area contributed by atoms with Crippen LogP contribution in [0.5, 0.6) is 0 Å². The van der Waals surface area contributed by atoms with Crippen molar-refractivity contribution in [1.82, 2.24) is 10.2 Å². The molecule has 0 aliphatic rings. The van der Waals surface area contributed by atoms with Crippen molar-refractivity contribution in [3.63, 3.8) is 0 Å². The maximum absolute atomic E-state index is 5.50. The maximum atomic E-state index is 5.50. The molecule has 106 valence electrons. The summed E-state index contributed by atoms with van der Waals surface area (Å²) in [6, 6.07) is 14.5. The maximum Gasteiger partial charge on any atom is 0.169 e. The molecule has 1 N–H and O–H groups in total. The van der Waals surface area contributed by atoms with Crippen LogP contribution in [0.3, 0.4) is 0 Å². The Morgan fingerprint density at radius 2 is 1.95 bits per heavy atom. The van der Waals surface area contributed by atoms with Gasteiger partial charge in [-0.1, -0.05) is 30.3 Å². The molecule has 0 bridgehead atoms. The van der Waals surface area contributed by atoms with E-state index in [1.54, 1.807) is 6.26 Å². The van der Waals surface area contributed by atoms with Gasteiger partial charge in [-0.2, -0.15) is 0 Å². The largest absolute Gasteiger partial charge is 0.467 e. The summed E-state index contributed by atoms with van der Waals surface area (Å²) in [6.07, 6.45) is 1.67. The lowest BCUT2D eigenvalue weighted by atomic mass is 10.2. The van der Waals surface area contributed by atoms with E-state index in [1.165, 1.54) is 5.56 Å². The second-order valence-corrected chi connectivity index (χ2v) is 5.33. The van der Waals surface area contributed by atoms with Crippen LogP contribution in [0.25, 0.3) is 0 Å². The van der Waals surface area contributed by atoms with Crippen molar-refractivity contribution in [1.29, 1.82) is 0 Å². The van der Waals surface area contributed by atoms with Crippen LogP contribution in [0.2, 0.25) is 0 Å². The molecule has 1 heterocycles. The molecule has 0 aliphatic carbocycles. The number of benzene rings is 1. The fraction of sp³-hybridized carbons (Fsp3) is 0.312. The van der Waals surface area contributed by atoms with Gasteiger partial charge in [0, 0.05) is 12.6 Å². The van der Waals surface area contributed by atoms with Gasteiger partial charge in [0.15, 0.2) is 5.11 Å². The molecule has 0 spiro atoms. The van der Waals surface area contributed by atoms with Crippen molar-refractivity contribution < 1.29 is 4.42 Å². The normalized spacial score (nSPS) is 10.6. The molecule has 0 fully saturated rings. The molecule has 3 nitrogen and oxygen atoms in total. The number of hydrogen-bond donors (Lipinski definition) is 1. The third-order valence-electron chi connectivity index (χ3n) is 3.07. The minimum absolute atomic E-state index is 0.340. The molecule has 20 heavy (non-hydrogen) atoms. The first kappa shape index (κ1) is 14.6. The monoisotopic (exact) mass is 288 g/mol. The number of furan rings is 1. The molecule has 0 atom stereocenters. The summed E-state index contributed by atoms with van der Waals surface area (Å²) in [5.74, 6) is 0.885. The highest BCUT2D eigenvalue weighted by molar-refractivity contribution is 7.80. The van der Waals surface area contributed by atoms with Crippen LogP contribution in [0.15, 0.2) is 53.1 Å². The molecule has 2 aromatic rings. The second-order valence-electron chi connectivity index (χ2n) is 4.95. The Morgan fingerprint density at radius 1 is 1.20 bits per heavy atom. The minimum Gasteiger partial charge on any atom is -0.467 e. The molecule has 2 rings (SSSR count). The Hall–Kier alpha value is -1.81. The van der Waals surface area contributed by atoms with E-state index in [4.69, 9.17) is 16.6 Å². The first-order valence-electron chi connectivity index (χ1n) is 6.77. The van der Waals surface area contributed by atoms with Gasteiger partial charge in [-0.25, -0.2) is 0 Å². The Kier molecular flexibility index (Phi) is 5.18. The van der Waals surface area contributed by atoms with Crippen molar-refractivity contribution in [3.05, 3.63) is 60.1 Å². The molecule has 1 aromatic carbocycles. The number of thiocarbonyl (C=S) groups is 1. The molecule has 0 saturated carbocycles. The average molecular weight is 288 g/mol. The van der Waals surface area contributed by atoms with Crippen molar-refractivity contribution >= 4 is 17.3 Å². The Balaban J connectivity index is 1.95. The van der Waals surface area contributed by atoms with Crippen molar-refractivity contribution in [2.45, 2.75) is 33.0 Å². The van der Waals surface area contributed by atoms with Crippen LogP contribution < -0.4 is 5.32 Å². The second kappa shape index (κ2) is 7.10. The lowest BCUT2D eigenvalue weighted by molar-refractivity contribution is 0.335. The van der Waals surface area contributed by atoms with E-state index in [9.17, 15) is 0 Å². The Morgan fingerprint density at radius 3 is 2.55 bits per heavy atom. The summed E-state index contributed by atoms with van der Waals surface area (Å²) in [7, 11) is 0. The van der Waals surface area contributed by atoms with E-state index in [0.717, 1.165) is 17.4 Å². The molecule has 4 heteroatoms. The van der Waals surface area contributed by atoms with Gasteiger partial charge in [0.05, 0.1) is 12.8 Å². The summed E-state index contributed by atoms with van der Waals surface area (Å²) in [5.41, 5.74) is 1.25. The minimum atomic E-state index is 0.340. The highest BCUT2D eigenvalue weighted by atomic mass is 32.1. The summed E-state index contributed by atoms with van der Waals surface area (Å²) < 4.78 is 5.30. The third kappa shape index (κ3) is 4.10. The zero-order valence-electron chi connectivity index (χ0n) is 11.9. The number of hydrogen-bond acceptors (Lipinski definition) is 2. The Bertz CT molecular complexity index is 523. The molecule has 1 aromatic heterocycles. The lowest BCUT2D eigenvalue weighted by Crippen LogP contribution is -2.42. The van der Waals surface area contributed by atoms with Gasteiger partial charge in [0.2, 0.25) is 0 Å². The molecular weight excluding hydrogens is 268 g/mol. The highest BCUT2D eigenvalue weighted by Gasteiger charge is 2.13. The van der Waals surface area contributed by atoms with E-state index in [0.29, 0.717) is 12.6 Å². The lowest BCUT2D eigenvalue weighted by Gasteiger charge is -2.29. The van der Waals surface area contributed by atoms with Crippen LogP contribution in [-0.2, 0) is 13.1 Å². The van der Waals surface area contributed by atoms with Crippen LogP contribution in [0.1, 0.15) is 25.2 Å². The predicted molar refractivity (Wildman–Crippen MR) is 85.3 cm³/mol. The Labute approximate surface area is 125 Å². The predicted octanol–water partition coefficient (Wildman–Crippen LogP) is 3.56. The molecule has 0 unspecified atom stereocenters. The van der Waals surface area contributed by atoms with E-state index in [-0.39, 0.29) is 0 Å². The number of rotatable bonds is 5. The summed E-state index contributed by atoms with van der Waals surface area (Å²) in [4.78, 5) is 2.17. The van der Waals surface area contributed by atoms with Crippen LogP contribution in [0.4, 0.5) is 0 Å². The van der Waals surface area contributed by atoms with Crippen molar-refractivity contribution in [3.8, 4) is 0 Å². The molecular formula is C16H20N2OS. The zero-order chi connectivity index (χ0) is 14.4. The summed E-state index contributed by atoms with van der Waals surface area (Å²) >= 11 is 5.50. The van der Waals surface area contributed by atoms with Gasteiger partial charge in [0.25, 0.3) is 0 Å². The quantitative estimate of drug-likeness (QED) is 0.852. The smallest absolute Gasteiger partial charge is 0.169 e. The fourth-order valence-corrected chi connectivity index (χ4v) is 2.29. The van der Waals surface area contributed by atoms with Gasteiger partial charge < -0.3 is 14.6 Å². The topological polar surface area (TPSA) is 28.4 Å². The van der Waals surface area contributed by atoms with Gasteiger partial charge in [0.1, 0.15) is 5.76 Å². The number of nitrogens with one attached hydrogen (secondary N) is 1. The summed E-state index contributed by atoms with van der Waals surface area (Å²) in [5, 5.41) is 4.00. The van der Waals surface area contributed by atoms with E-state index in [2.05, 4.69) is 36.2 Å². The zero-order valence-corrected chi connectivity index (χ0v) is 12.7. The molecule has 0 aliphatic heterocycles. The highest BCUT2D eigenvalue weighted by Crippen LogP contribution is 2.09. The van der Waals surface area contributed by atoms with Gasteiger partial charge in [-0.05, 0) is 43.8 Å². The van der Waals surface area contributed by atoms with Crippen LogP contribution in [0, 0.1) is 0 Å². The third-order valence-corrected chi connectivity index (χ3v) is 3.45. The first-order valence-corrected chi connectivity index (χ1v) is 7.18. The standard InChI is InChI=1S/C16H20N2OS/c1-13(2)18(12-14-7-4-3-5-8-14)16(20)17-11-15-9-6-10-19-15/h3-10,13H,11-12H2,1-2H3,(H,17,20). The average Bonchev–Trinajstić information content (AvgIpc) is 2.96. The summed E-state index contributed by atoms with van der Waals surface area (Å²) in [6.45, 7) is 5.71. The van der Waals surface area contributed by atoms with Crippen molar-refractivity contribution in [2.75, 3.05) is 0 Å². The molecule has 0 saturated heterocycles. The van der Waals surface area contributed by atoms with E-state index in [1.807, 2.05) is 30.3 Å². The van der Waals surface area contributed by atoms with Gasteiger partial charge in [-0.3, -0.25) is 0 Å². The first-order chi connectivity index (χ1) is 9.66. The number of nitrogens with zero attached hydrogens (tertiary/aromatic N) is 1. The van der Waals surface area contributed by atoms with Crippen molar-refractivity contribution in [2.24, 2.45) is 0 Å². The van der Waals surface area contributed by atoms with Crippen LogP contribution in [-0.4, -0.2) is 16.1 Å². The van der Waals surface area contributed by atoms with Gasteiger partial charge >= 0.3 is 0 Å².